The highest BCUT2D eigenvalue weighted by molar-refractivity contribution is 4.83. The Hall–Kier alpha value is -0.0800. The third kappa shape index (κ3) is 4.84. The number of nitrogens with one attached hydrogen (secondary N) is 1. The zero-order valence-electron chi connectivity index (χ0n) is 11.5. The summed E-state index contributed by atoms with van der Waals surface area (Å²) < 4.78 is 5.60. The fourth-order valence-electron chi connectivity index (χ4n) is 2.56. The SMILES string of the molecule is CCOC1CC(CC(CCC(C)C)NC)C1. The van der Waals surface area contributed by atoms with E-state index in [1.165, 1.54) is 32.1 Å². The average Bonchev–Trinajstić information content (AvgIpc) is 2.19. The molecule has 1 N–H and O–H groups in total. The van der Waals surface area contributed by atoms with Gasteiger partial charge in [0, 0.05) is 12.6 Å². The van der Waals surface area contributed by atoms with E-state index in [0.717, 1.165) is 24.5 Å². The van der Waals surface area contributed by atoms with Crippen molar-refractivity contribution in [1.29, 1.82) is 0 Å². The van der Waals surface area contributed by atoms with Gasteiger partial charge in [-0.15, -0.1) is 0 Å². The summed E-state index contributed by atoms with van der Waals surface area (Å²) in [6, 6.07) is 0.718. The van der Waals surface area contributed by atoms with Crippen LogP contribution in [0.5, 0.6) is 0 Å². The molecule has 0 aromatic rings. The molecule has 0 spiro atoms. The molecule has 1 unspecified atom stereocenters. The first-order valence-corrected chi connectivity index (χ1v) is 6.94. The summed E-state index contributed by atoms with van der Waals surface area (Å²) in [6.07, 6.45) is 7.14. The maximum Gasteiger partial charge on any atom is 0.0580 e. The predicted octanol–water partition coefficient (Wildman–Crippen LogP) is 3.22. The van der Waals surface area contributed by atoms with E-state index in [4.69, 9.17) is 4.74 Å². The van der Waals surface area contributed by atoms with Crippen LogP contribution in [0.4, 0.5) is 0 Å². The van der Waals surface area contributed by atoms with Crippen LogP contribution in [0.2, 0.25) is 0 Å². The Morgan fingerprint density at radius 1 is 1.25 bits per heavy atom. The molecule has 2 heteroatoms. The third-order valence-corrected chi connectivity index (χ3v) is 3.71. The summed E-state index contributed by atoms with van der Waals surface area (Å²) in [5.41, 5.74) is 0. The molecular formula is C14H29NO. The zero-order valence-corrected chi connectivity index (χ0v) is 11.5. The van der Waals surface area contributed by atoms with Crippen LogP contribution in [0, 0.1) is 11.8 Å². The molecule has 1 fully saturated rings. The van der Waals surface area contributed by atoms with E-state index in [0.29, 0.717) is 6.10 Å². The molecule has 0 amide bonds. The van der Waals surface area contributed by atoms with Crippen LogP contribution in [0.1, 0.15) is 52.9 Å². The lowest BCUT2D eigenvalue weighted by Gasteiger charge is -2.37. The molecule has 0 bridgehead atoms. The van der Waals surface area contributed by atoms with E-state index in [1.54, 1.807) is 0 Å². The predicted molar refractivity (Wildman–Crippen MR) is 69.7 cm³/mol. The largest absolute Gasteiger partial charge is 0.378 e. The van der Waals surface area contributed by atoms with Crippen LogP contribution in [-0.2, 0) is 4.74 Å². The highest BCUT2D eigenvalue weighted by Gasteiger charge is 2.30. The molecule has 2 nitrogen and oxygen atoms in total. The summed E-state index contributed by atoms with van der Waals surface area (Å²) in [7, 11) is 2.10. The molecule has 0 aromatic carbocycles. The standard InChI is InChI=1S/C14H29NO/c1-5-16-14-9-12(10-14)8-13(15-4)7-6-11(2)3/h11-15H,5-10H2,1-4H3. The second kappa shape index (κ2) is 7.29. The molecule has 0 saturated heterocycles. The lowest BCUT2D eigenvalue weighted by Crippen LogP contribution is -2.37. The van der Waals surface area contributed by atoms with Gasteiger partial charge in [-0.1, -0.05) is 13.8 Å². The normalized spacial score (nSPS) is 26.8. The van der Waals surface area contributed by atoms with E-state index >= 15 is 0 Å². The number of ether oxygens (including phenoxy) is 1. The van der Waals surface area contributed by atoms with Crippen LogP contribution >= 0.6 is 0 Å². The third-order valence-electron chi connectivity index (χ3n) is 3.71. The monoisotopic (exact) mass is 227 g/mol. The van der Waals surface area contributed by atoms with Crippen LogP contribution in [0.3, 0.4) is 0 Å². The minimum atomic E-state index is 0.567. The minimum Gasteiger partial charge on any atom is -0.378 e. The van der Waals surface area contributed by atoms with Gasteiger partial charge in [0.1, 0.15) is 0 Å². The summed E-state index contributed by atoms with van der Waals surface area (Å²) in [5, 5.41) is 3.46. The molecule has 0 radical (unpaired) electrons. The van der Waals surface area contributed by atoms with Gasteiger partial charge in [-0.3, -0.25) is 0 Å². The number of rotatable bonds is 8. The summed E-state index contributed by atoms with van der Waals surface area (Å²) >= 11 is 0. The van der Waals surface area contributed by atoms with Gasteiger partial charge in [0.25, 0.3) is 0 Å². The van der Waals surface area contributed by atoms with E-state index in [1.807, 2.05) is 0 Å². The molecule has 16 heavy (non-hydrogen) atoms. The summed E-state index contributed by atoms with van der Waals surface area (Å²) in [4.78, 5) is 0. The Morgan fingerprint density at radius 2 is 1.94 bits per heavy atom. The van der Waals surface area contributed by atoms with Gasteiger partial charge in [-0.2, -0.15) is 0 Å². The van der Waals surface area contributed by atoms with Gasteiger partial charge in [0.2, 0.25) is 0 Å². The van der Waals surface area contributed by atoms with E-state index in [2.05, 4.69) is 33.1 Å². The van der Waals surface area contributed by atoms with Crippen molar-refractivity contribution >= 4 is 0 Å². The summed E-state index contributed by atoms with van der Waals surface area (Å²) in [5.74, 6) is 1.73. The minimum absolute atomic E-state index is 0.567. The quantitative estimate of drug-likeness (QED) is 0.687. The van der Waals surface area contributed by atoms with Crippen LogP contribution < -0.4 is 5.32 Å². The molecule has 1 atom stereocenters. The van der Waals surface area contributed by atoms with E-state index in [-0.39, 0.29) is 0 Å². The number of hydrogen-bond donors (Lipinski definition) is 1. The Labute approximate surface area is 101 Å². The second-order valence-corrected chi connectivity index (χ2v) is 5.61. The first-order chi connectivity index (χ1) is 7.65. The Balaban J connectivity index is 2.10. The van der Waals surface area contributed by atoms with Crippen molar-refractivity contribution in [2.45, 2.75) is 65.0 Å². The maximum absolute atomic E-state index is 5.60. The molecule has 0 heterocycles. The van der Waals surface area contributed by atoms with Gasteiger partial charge in [-0.05, 0) is 57.9 Å². The highest BCUT2D eigenvalue weighted by Crippen LogP contribution is 2.34. The van der Waals surface area contributed by atoms with Crippen molar-refractivity contribution in [3.05, 3.63) is 0 Å². The molecule has 1 rings (SSSR count). The zero-order chi connectivity index (χ0) is 12.0. The van der Waals surface area contributed by atoms with Crippen molar-refractivity contribution in [1.82, 2.24) is 5.32 Å². The Bertz CT molecular complexity index is 176. The van der Waals surface area contributed by atoms with Crippen molar-refractivity contribution in [3.63, 3.8) is 0 Å². The van der Waals surface area contributed by atoms with Gasteiger partial charge < -0.3 is 10.1 Å². The summed E-state index contributed by atoms with van der Waals surface area (Å²) in [6.45, 7) is 7.58. The van der Waals surface area contributed by atoms with Gasteiger partial charge in [0.15, 0.2) is 0 Å². The molecular weight excluding hydrogens is 198 g/mol. The molecule has 1 aliphatic rings. The highest BCUT2D eigenvalue weighted by atomic mass is 16.5. The molecule has 0 aromatic heterocycles. The van der Waals surface area contributed by atoms with Crippen LogP contribution in [0.25, 0.3) is 0 Å². The Morgan fingerprint density at radius 3 is 2.44 bits per heavy atom. The van der Waals surface area contributed by atoms with Crippen molar-refractivity contribution in [2.24, 2.45) is 11.8 Å². The molecule has 1 aliphatic carbocycles. The van der Waals surface area contributed by atoms with Crippen LogP contribution in [-0.4, -0.2) is 25.8 Å². The Kier molecular flexibility index (Phi) is 6.37. The van der Waals surface area contributed by atoms with Gasteiger partial charge in [-0.25, -0.2) is 0 Å². The van der Waals surface area contributed by atoms with Crippen molar-refractivity contribution < 1.29 is 4.74 Å². The number of hydrogen-bond acceptors (Lipinski definition) is 2. The second-order valence-electron chi connectivity index (χ2n) is 5.61. The van der Waals surface area contributed by atoms with Crippen LogP contribution in [0.15, 0.2) is 0 Å². The molecule has 0 aliphatic heterocycles. The first kappa shape index (κ1) is 14.0. The van der Waals surface area contributed by atoms with E-state index in [9.17, 15) is 0 Å². The van der Waals surface area contributed by atoms with Crippen molar-refractivity contribution in [3.8, 4) is 0 Å². The smallest absolute Gasteiger partial charge is 0.0580 e. The van der Waals surface area contributed by atoms with Gasteiger partial charge >= 0.3 is 0 Å². The maximum atomic E-state index is 5.60. The topological polar surface area (TPSA) is 21.3 Å². The van der Waals surface area contributed by atoms with Crippen molar-refractivity contribution in [2.75, 3.05) is 13.7 Å². The fraction of sp³-hybridized carbons (Fsp3) is 1.00. The molecule has 96 valence electrons. The lowest BCUT2D eigenvalue weighted by atomic mass is 9.77. The fourth-order valence-corrected chi connectivity index (χ4v) is 2.56. The lowest BCUT2D eigenvalue weighted by molar-refractivity contribution is -0.0291. The van der Waals surface area contributed by atoms with E-state index < -0.39 is 0 Å². The average molecular weight is 227 g/mol. The first-order valence-electron chi connectivity index (χ1n) is 6.94. The van der Waals surface area contributed by atoms with Gasteiger partial charge in [0.05, 0.1) is 6.10 Å². The molecule has 1 saturated carbocycles.